The fraction of sp³-hybridized carbons (Fsp3) is 0.438. The lowest BCUT2D eigenvalue weighted by Gasteiger charge is -2.46. The van der Waals surface area contributed by atoms with E-state index in [-0.39, 0.29) is 12.3 Å². The Morgan fingerprint density at radius 3 is 2.43 bits per heavy atom. The fourth-order valence-electron chi connectivity index (χ4n) is 2.20. The van der Waals surface area contributed by atoms with Crippen molar-refractivity contribution in [3.8, 4) is 0 Å². The molecule has 1 heterocycles. The molecule has 23 heavy (non-hydrogen) atoms. The highest BCUT2D eigenvalue weighted by molar-refractivity contribution is 5.93. The number of hydrogen-bond donors (Lipinski definition) is 2. The van der Waals surface area contributed by atoms with Gasteiger partial charge >= 0.3 is 5.97 Å². The first kappa shape index (κ1) is 17.0. The maximum Gasteiger partial charge on any atom is 0.338 e. The zero-order valence-electron chi connectivity index (χ0n) is 13.3. The molecule has 1 fully saturated rings. The van der Waals surface area contributed by atoms with Crippen LogP contribution in [-0.4, -0.2) is 45.6 Å². The van der Waals surface area contributed by atoms with E-state index in [4.69, 9.17) is 9.94 Å². The molecule has 0 unspecified atom stereocenters. The smallest absolute Gasteiger partial charge is 0.338 e. The number of carbonyl (C=O) groups is 3. The van der Waals surface area contributed by atoms with Crippen LogP contribution < -0.4 is 5.32 Å². The highest BCUT2D eigenvalue weighted by Gasteiger charge is 2.49. The molecule has 124 valence electrons. The Bertz CT molecular complexity index is 614. The van der Waals surface area contributed by atoms with Crippen molar-refractivity contribution in [1.29, 1.82) is 0 Å². The van der Waals surface area contributed by atoms with Crippen LogP contribution in [0, 0.1) is 0 Å². The van der Waals surface area contributed by atoms with Crippen molar-refractivity contribution in [3.05, 3.63) is 35.9 Å². The number of aliphatic carboxylic acids is 1. The largest absolute Gasteiger partial charge is 0.479 e. The number of carbonyl (C=O) groups excluding carboxylic acids is 2. The molecule has 1 aromatic rings. The van der Waals surface area contributed by atoms with Gasteiger partial charge in [0.2, 0.25) is 5.91 Å². The molecular formula is C16H20N2O5. The maximum absolute atomic E-state index is 12.1. The van der Waals surface area contributed by atoms with E-state index in [1.165, 1.54) is 13.8 Å². The Morgan fingerprint density at radius 2 is 1.91 bits per heavy atom. The lowest BCUT2D eigenvalue weighted by atomic mass is 9.99. The van der Waals surface area contributed by atoms with Crippen LogP contribution in [0.3, 0.4) is 0 Å². The SMILES string of the molecule is C[C@H]1[C@H](NC(=O)Cc2ccccc2)C(=O)N1OC(C)(C)C(=O)O. The number of hydrogen-bond acceptors (Lipinski definition) is 4. The third kappa shape index (κ3) is 3.68. The van der Waals surface area contributed by atoms with Crippen molar-refractivity contribution in [2.24, 2.45) is 0 Å². The van der Waals surface area contributed by atoms with E-state index in [2.05, 4.69) is 5.32 Å². The second kappa shape index (κ2) is 6.37. The number of rotatable bonds is 6. The van der Waals surface area contributed by atoms with Crippen LogP contribution >= 0.6 is 0 Å². The normalized spacial score (nSPS) is 20.8. The summed E-state index contributed by atoms with van der Waals surface area (Å²) in [7, 11) is 0. The quantitative estimate of drug-likeness (QED) is 0.754. The Labute approximate surface area is 134 Å². The maximum atomic E-state index is 12.1. The van der Waals surface area contributed by atoms with Crippen molar-refractivity contribution in [1.82, 2.24) is 10.4 Å². The summed E-state index contributed by atoms with van der Waals surface area (Å²) in [6.07, 6.45) is 0.179. The van der Waals surface area contributed by atoms with Crippen LogP contribution in [0.25, 0.3) is 0 Å². The predicted octanol–water partition coefficient (Wildman–Crippen LogP) is 0.739. The van der Waals surface area contributed by atoms with E-state index in [0.717, 1.165) is 10.6 Å². The molecule has 0 radical (unpaired) electrons. The number of amides is 2. The molecule has 2 rings (SSSR count). The summed E-state index contributed by atoms with van der Waals surface area (Å²) in [6.45, 7) is 4.40. The monoisotopic (exact) mass is 320 g/mol. The molecule has 0 aliphatic carbocycles. The summed E-state index contributed by atoms with van der Waals surface area (Å²) in [6, 6.07) is 8.06. The topological polar surface area (TPSA) is 95.9 Å². The molecule has 0 aromatic heterocycles. The number of hydroxylamine groups is 2. The van der Waals surface area contributed by atoms with Crippen LogP contribution in [0.1, 0.15) is 26.3 Å². The average Bonchev–Trinajstić information content (AvgIpc) is 2.51. The van der Waals surface area contributed by atoms with Crippen molar-refractivity contribution in [2.45, 2.75) is 44.9 Å². The minimum absolute atomic E-state index is 0.179. The van der Waals surface area contributed by atoms with E-state index in [0.29, 0.717) is 0 Å². The number of β-lactam (4-membered cyclic amide) rings is 1. The second-order valence-electron chi connectivity index (χ2n) is 6.02. The zero-order chi connectivity index (χ0) is 17.2. The lowest BCUT2D eigenvalue weighted by Crippen LogP contribution is -2.71. The molecule has 2 amide bonds. The van der Waals surface area contributed by atoms with Gasteiger partial charge in [-0.3, -0.25) is 14.4 Å². The van der Waals surface area contributed by atoms with Gasteiger partial charge in [-0.15, -0.1) is 0 Å². The van der Waals surface area contributed by atoms with Crippen molar-refractivity contribution in [2.75, 3.05) is 0 Å². The van der Waals surface area contributed by atoms with Gasteiger partial charge in [0.1, 0.15) is 6.04 Å². The van der Waals surface area contributed by atoms with Gasteiger partial charge in [0.05, 0.1) is 12.5 Å². The summed E-state index contributed by atoms with van der Waals surface area (Å²) in [4.78, 5) is 40.3. The van der Waals surface area contributed by atoms with Crippen LogP contribution in [0.4, 0.5) is 0 Å². The van der Waals surface area contributed by atoms with Gasteiger partial charge in [-0.25, -0.2) is 9.86 Å². The summed E-state index contributed by atoms with van der Waals surface area (Å²) >= 11 is 0. The molecule has 1 saturated heterocycles. The minimum atomic E-state index is -1.51. The third-order valence-electron chi connectivity index (χ3n) is 3.70. The minimum Gasteiger partial charge on any atom is -0.479 e. The van der Waals surface area contributed by atoms with Crippen LogP contribution in [0.15, 0.2) is 30.3 Å². The number of nitrogens with one attached hydrogen (secondary N) is 1. The predicted molar refractivity (Wildman–Crippen MR) is 81.2 cm³/mol. The number of carboxylic acids is 1. The first-order valence-corrected chi connectivity index (χ1v) is 7.31. The van der Waals surface area contributed by atoms with Crippen molar-refractivity contribution in [3.63, 3.8) is 0 Å². The summed E-state index contributed by atoms with van der Waals surface area (Å²) < 4.78 is 0. The molecule has 1 aliphatic rings. The zero-order valence-corrected chi connectivity index (χ0v) is 13.3. The Kier molecular flexibility index (Phi) is 4.70. The molecule has 7 heteroatoms. The standard InChI is InChI=1S/C16H20N2O5/c1-10-13(14(20)18(10)23-16(2,3)15(21)22)17-12(19)9-11-7-5-4-6-8-11/h4-8,10,13H,9H2,1-3H3,(H,17,19)(H,21,22)/t10-,13-/m0/s1. The van der Waals surface area contributed by atoms with E-state index >= 15 is 0 Å². The van der Waals surface area contributed by atoms with Crippen LogP contribution in [0.2, 0.25) is 0 Å². The molecule has 2 N–H and O–H groups in total. The fourth-order valence-corrected chi connectivity index (χ4v) is 2.20. The average molecular weight is 320 g/mol. The summed E-state index contributed by atoms with van der Waals surface area (Å²) in [5.41, 5.74) is -0.660. The van der Waals surface area contributed by atoms with E-state index in [1.54, 1.807) is 6.92 Å². The molecule has 0 bridgehead atoms. The summed E-state index contributed by atoms with van der Waals surface area (Å²) in [5, 5.41) is 12.7. The molecular weight excluding hydrogens is 300 g/mol. The van der Waals surface area contributed by atoms with Crippen LogP contribution in [-0.2, 0) is 25.6 Å². The van der Waals surface area contributed by atoms with Gasteiger partial charge in [-0.1, -0.05) is 30.3 Å². The lowest BCUT2D eigenvalue weighted by molar-refractivity contribution is -0.273. The van der Waals surface area contributed by atoms with Gasteiger partial charge in [0.25, 0.3) is 5.91 Å². The van der Waals surface area contributed by atoms with E-state index in [9.17, 15) is 14.4 Å². The van der Waals surface area contributed by atoms with Crippen molar-refractivity contribution < 1.29 is 24.3 Å². The van der Waals surface area contributed by atoms with E-state index in [1.807, 2.05) is 30.3 Å². The van der Waals surface area contributed by atoms with Crippen LogP contribution in [0.5, 0.6) is 0 Å². The number of carboxylic acid groups (broad SMARTS) is 1. The second-order valence-corrected chi connectivity index (χ2v) is 6.02. The molecule has 2 atom stereocenters. The Morgan fingerprint density at radius 1 is 1.30 bits per heavy atom. The highest BCUT2D eigenvalue weighted by atomic mass is 16.7. The van der Waals surface area contributed by atoms with Gasteiger partial charge in [0.15, 0.2) is 5.60 Å². The number of benzene rings is 1. The molecule has 1 aromatic carbocycles. The van der Waals surface area contributed by atoms with Gasteiger partial charge in [0, 0.05) is 0 Å². The summed E-state index contributed by atoms with van der Waals surface area (Å²) in [5.74, 6) is -1.89. The first-order valence-electron chi connectivity index (χ1n) is 7.31. The molecule has 1 aliphatic heterocycles. The number of nitrogens with zero attached hydrogens (tertiary/aromatic N) is 1. The third-order valence-corrected chi connectivity index (χ3v) is 3.70. The highest BCUT2D eigenvalue weighted by Crippen LogP contribution is 2.25. The van der Waals surface area contributed by atoms with E-state index < -0.39 is 29.6 Å². The molecule has 7 nitrogen and oxygen atoms in total. The molecule has 0 saturated carbocycles. The van der Waals surface area contributed by atoms with Gasteiger partial charge < -0.3 is 10.4 Å². The van der Waals surface area contributed by atoms with Gasteiger partial charge in [-0.05, 0) is 26.3 Å². The Balaban J connectivity index is 1.90. The Hall–Kier alpha value is -2.41. The molecule has 0 spiro atoms. The van der Waals surface area contributed by atoms with Gasteiger partial charge in [-0.2, -0.15) is 0 Å². The van der Waals surface area contributed by atoms with Crippen molar-refractivity contribution >= 4 is 17.8 Å². The first-order chi connectivity index (χ1) is 10.7.